The van der Waals surface area contributed by atoms with Gasteiger partial charge in [0.05, 0.1) is 17.8 Å². The van der Waals surface area contributed by atoms with Crippen LogP contribution in [-0.4, -0.2) is 31.5 Å². The van der Waals surface area contributed by atoms with Gasteiger partial charge in [0.2, 0.25) is 11.8 Å². The minimum atomic E-state index is -0.529. The van der Waals surface area contributed by atoms with Crippen LogP contribution in [-0.2, 0) is 9.59 Å². The number of methoxy groups -OCH3 is 1. The second-order valence-corrected chi connectivity index (χ2v) is 5.44. The number of anilines is 1. The molecule has 0 saturated carbocycles. The number of halogens is 1. The van der Waals surface area contributed by atoms with Gasteiger partial charge in [0, 0.05) is 6.07 Å². The van der Waals surface area contributed by atoms with E-state index in [4.69, 9.17) is 16.3 Å². The maximum absolute atomic E-state index is 12.5. The quantitative estimate of drug-likeness (QED) is 0.926. The van der Waals surface area contributed by atoms with Gasteiger partial charge in [-0.1, -0.05) is 25.4 Å². The summed E-state index contributed by atoms with van der Waals surface area (Å²) in [5, 5.41) is 3.12. The van der Waals surface area contributed by atoms with E-state index in [2.05, 4.69) is 5.32 Å². The number of rotatable bonds is 3. The van der Waals surface area contributed by atoms with E-state index < -0.39 is 6.04 Å². The summed E-state index contributed by atoms with van der Waals surface area (Å²) >= 11 is 6.15. The predicted molar refractivity (Wildman–Crippen MR) is 77.1 cm³/mol. The van der Waals surface area contributed by atoms with Crippen molar-refractivity contribution in [2.45, 2.75) is 19.9 Å². The molecule has 1 heterocycles. The molecule has 0 aliphatic carbocycles. The fourth-order valence-electron chi connectivity index (χ4n) is 2.15. The van der Waals surface area contributed by atoms with Crippen LogP contribution in [0, 0.1) is 5.92 Å². The van der Waals surface area contributed by atoms with Gasteiger partial charge in [-0.2, -0.15) is 0 Å². The summed E-state index contributed by atoms with van der Waals surface area (Å²) in [7, 11) is 1.54. The third-order valence-electron chi connectivity index (χ3n) is 3.26. The number of hydrogen-bond donors (Lipinski definition) is 1. The summed E-state index contributed by atoms with van der Waals surface area (Å²) in [6.45, 7) is 3.74. The van der Waals surface area contributed by atoms with Crippen molar-refractivity contribution in [3.63, 3.8) is 0 Å². The number of benzene rings is 1. The van der Waals surface area contributed by atoms with Gasteiger partial charge in [0.15, 0.2) is 0 Å². The highest BCUT2D eigenvalue weighted by Gasteiger charge is 2.36. The molecule has 1 unspecified atom stereocenters. The maximum atomic E-state index is 12.5. The van der Waals surface area contributed by atoms with Gasteiger partial charge in [0.25, 0.3) is 0 Å². The third kappa shape index (κ3) is 2.72. The lowest BCUT2D eigenvalue weighted by atomic mass is 10.0. The average Bonchev–Trinajstić information content (AvgIpc) is 2.41. The van der Waals surface area contributed by atoms with Crippen LogP contribution >= 0.6 is 11.6 Å². The number of piperazine rings is 1. The fourth-order valence-corrected chi connectivity index (χ4v) is 2.37. The molecular formula is C14H17ClN2O3. The molecule has 1 atom stereocenters. The van der Waals surface area contributed by atoms with Crippen LogP contribution in [0.2, 0.25) is 5.02 Å². The topological polar surface area (TPSA) is 58.6 Å². The lowest BCUT2D eigenvalue weighted by molar-refractivity contribution is -0.132. The van der Waals surface area contributed by atoms with E-state index in [0.29, 0.717) is 16.5 Å². The zero-order valence-electron chi connectivity index (χ0n) is 11.6. The molecule has 2 amide bonds. The summed E-state index contributed by atoms with van der Waals surface area (Å²) in [5.74, 6) is 0.250. The van der Waals surface area contributed by atoms with Crippen LogP contribution in [0.4, 0.5) is 5.69 Å². The Hall–Kier alpha value is -1.75. The summed E-state index contributed by atoms with van der Waals surface area (Å²) in [5.41, 5.74) is 0.497. The van der Waals surface area contributed by atoms with Gasteiger partial charge in [0.1, 0.15) is 18.3 Å². The highest BCUT2D eigenvalue weighted by molar-refractivity contribution is 6.34. The molecule has 0 radical (unpaired) electrons. The minimum Gasteiger partial charge on any atom is -0.497 e. The van der Waals surface area contributed by atoms with Crippen LogP contribution in [0.1, 0.15) is 13.8 Å². The molecule has 1 N–H and O–H groups in total. The van der Waals surface area contributed by atoms with Crippen molar-refractivity contribution in [3.8, 4) is 5.75 Å². The molecular weight excluding hydrogens is 280 g/mol. The number of ether oxygens (including phenoxy) is 1. The van der Waals surface area contributed by atoms with Crippen molar-refractivity contribution in [1.82, 2.24) is 5.32 Å². The molecule has 5 nitrogen and oxygen atoms in total. The smallest absolute Gasteiger partial charge is 0.250 e. The fraction of sp³-hybridized carbons (Fsp3) is 0.429. The molecule has 0 aromatic heterocycles. The number of nitrogens with zero attached hydrogens (tertiary/aromatic N) is 1. The molecule has 6 heteroatoms. The first-order valence-corrected chi connectivity index (χ1v) is 6.76. The number of nitrogens with one attached hydrogen (secondary N) is 1. The molecule has 1 aliphatic heterocycles. The summed E-state index contributed by atoms with van der Waals surface area (Å²) in [6.07, 6.45) is 0. The number of amides is 2. The Bertz CT molecular complexity index is 545. The van der Waals surface area contributed by atoms with Crippen LogP contribution in [0.5, 0.6) is 5.75 Å². The molecule has 2 rings (SSSR count). The summed E-state index contributed by atoms with van der Waals surface area (Å²) in [6, 6.07) is 4.50. The van der Waals surface area contributed by atoms with Crippen LogP contribution < -0.4 is 15.0 Å². The van der Waals surface area contributed by atoms with Gasteiger partial charge < -0.3 is 10.1 Å². The molecule has 108 valence electrons. The second-order valence-electron chi connectivity index (χ2n) is 5.03. The largest absolute Gasteiger partial charge is 0.497 e. The molecule has 1 fully saturated rings. The zero-order valence-corrected chi connectivity index (χ0v) is 12.4. The molecule has 0 spiro atoms. The first-order chi connectivity index (χ1) is 9.43. The van der Waals surface area contributed by atoms with Crippen LogP contribution in [0.15, 0.2) is 18.2 Å². The van der Waals surface area contributed by atoms with E-state index >= 15 is 0 Å². The summed E-state index contributed by atoms with van der Waals surface area (Å²) < 4.78 is 5.14. The normalized spacial score (nSPS) is 19.2. The number of carbonyl (C=O) groups excluding carboxylic acids is 2. The molecule has 1 aliphatic rings. The Kier molecular flexibility index (Phi) is 4.18. The maximum Gasteiger partial charge on any atom is 0.250 e. The monoisotopic (exact) mass is 296 g/mol. The van der Waals surface area contributed by atoms with Gasteiger partial charge in [-0.05, 0) is 18.1 Å². The van der Waals surface area contributed by atoms with Crippen molar-refractivity contribution < 1.29 is 14.3 Å². The van der Waals surface area contributed by atoms with Gasteiger partial charge in [-0.15, -0.1) is 0 Å². The Balaban J connectivity index is 2.40. The highest BCUT2D eigenvalue weighted by atomic mass is 35.5. The van der Waals surface area contributed by atoms with Crippen molar-refractivity contribution in [1.29, 1.82) is 0 Å². The Labute approximate surface area is 122 Å². The van der Waals surface area contributed by atoms with Gasteiger partial charge in [-0.25, -0.2) is 0 Å². The standard InChI is InChI=1S/C14H17ClN2O3/c1-8(2)13-14(19)17(7-12(18)16-13)11-6-9(20-3)4-5-10(11)15/h4-6,8,13H,7H2,1-3H3,(H,16,18). The van der Waals surface area contributed by atoms with Crippen molar-refractivity contribution in [3.05, 3.63) is 23.2 Å². The van der Waals surface area contributed by atoms with E-state index in [-0.39, 0.29) is 24.3 Å². The first kappa shape index (κ1) is 14.7. The molecule has 20 heavy (non-hydrogen) atoms. The Morgan fingerprint density at radius 3 is 2.70 bits per heavy atom. The number of hydrogen-bond acceptors (Lipinski definition) is 3. The Morgan fingerprint density at radius 2 is 2.10 bits per heavy atom. The summed E-state index contributed by atoms with van der Waals surface area (Å²) in [4.78, 5) is 25.7. The Morgan fingerprint density at radius 1 is 1.40 bits per heavy atom. The first-order valence-electron chi connectivity index (χ1n) is 6.38. The predicted octanol–water partition coefficient (Wildman–Crippen LogP) is 1.84. The van der Waals surface area contributed by atoms with Crippen LogP contribution in [0.3, 0.4) is 0 Å². The number of carbonyl (C=O) groups is 2. The van der Waals surface area contributed by atoms with E-state index in [0.717, 1.165) is 0 Å². The lowest BCUT2D eigenvalue weighted by Gasteiger charge is -2.34. The third-order valence-corrected chi connectivity index (χ3v) is 3.58. The average molecular weight is 297 g/mol. The molecule has 1 saturated heterocycles. The lowest BCUT2D eigenvalue weighted by Crippen LogP contribution is -2.60. The van der Waals surface area contributed by atoms with Gasteiger partial charge in [-0.3, -0.25) is 14.5 Å². The molecule has 1 aromatic carbocycles. The second kappa shape index (κ2) is 5.71. The SMILES string of the molecule is COc1ccc(Cl)c(N2CC(=O)NC(C(C)C)C2=O)c1. The highest BCUT2D eigenvalue weighted by Crippen LogP contribution is 2.31. The van der Waals surface area contributed by atoms with E-state index in [9.17, 15) is 9.59 Å². The van der Waals surface area contributed by atoms with Crippen molar-refractivity contribution in [2.75, 3.05) is 18.6 Å². The zero-order chi connectivity index (χ0) is 14.9. The molecule has 1 aromatic rings. The van der Waals surface area contributed by atoms with E-state index in [1.165, 1.54) is 12.0 Å². The molecule has 0 bridgehead atoms. The van der Waals surface area contributed by atoms with E-state index in [1.807, 2.05) is 13.8 Å². The minimum absolute atomic E-state index is 0.0126. The van der Waals surface area contributed by atoms with Crippen LogP contribution in [0.25, 0.3) is 0 Å². The van der Waals surface area contributed by atoms with Gasteiger partial charge >= 0.3 is 0 Å². The van der Waals surface area contributed by atoms with Crippen molar-refractivity contribution >= 4 is 29.1 Å². The van der Waals surface area contributed by atoms with Crippen molar-refractivity contribution in [2.24, 2.45) is 5.92 Å². The van der Waals surface area contributed by atoms with E-state index in [1.54, 1.807) is 18.2 Å².